The zero-order valence-corrected chi connectivity index (χ0v) is 15.2. The fourth-order valence-electron chi connectivity index (χ4n) is 2.10. The van der Waals surface area contributed by atoms with E-state index in [0.29, 0.717) is 6.61 Å². The van der Waals surface area contributed by atoms with Crippen molar-refractivity contribution < 1.29 is 23.9 Å². The minimum atomic E-state index is -0.807. The van der Waals surface area contributed by atoms with Gasteiger partial charge in [0.25, 0.3) is 5.69 Å². The lowest BCUT2D eigenvalue weighted by molar-refractivity contribution is -0.385. The average Bonchev–Trinajstić information content (AvgIpc) is 2.60. The third-order valence-corrected chi connectivity index (χ3v) is 3.81. The summed E-state index contributed by atoms with van der Waals surface area (Å²) in [4.78, 5) is 22.9. The predicted molar refractivity (Wildman–Crippen MR) is 94.1 cm³/mol. The molecular formula is C17H16BrNO6. The number of carbonyl (C=O) groups is 1. The largest absolute Gasteiger partial charge is 0.493 e. The molecule has 0 atom stereocenters. The second kappa shape index (κ2) is 8.48. The van der Waals surface area contributed by atoms with E-state index in [2.05, 4.69) is 15.9 Å². The number of esters is 1. The normalized spacial score (nSPS) is 10.2. The van der Waals surface area contributed by atoms with E-state index in [1.54, 1.807) is 19.1 Å². The van der Waals surface area contributed by atoms with Gasteiger partial charge in [-0.2, -0.15) is 0 Å². The summed E-state index contributed by atoms with van der Waals surface area (Å²) < 4.78 is 16.5. The van der Waals surface area contributed by atoms with E-state index in [-0.39, 0.29) is 23.7 Å². The standard InChI is InChI=1S/C17H16BrNO6/c1-3-24-16-8-13(14(19(21)22)9-15(16)23-2)17(20)25-10-11-4-6-12(18)7-5-11/h4-9H,3,10H2,1-2H3. The molecule has 0 fully saturated rings. The molecule has 0 aromatic heterocycles. The molecule has 8 heteroatoms. The van der Waals surface area contributed by atoms with Gasteiger partial charge in [0.15, 0.2) is 11.5 Å². The molecule has 0 saturated carbocycles. The third kappa shape index (κ3) is 4.69. The van der Waals surface area contributed by atoms with Gasteiger partial charge in [0.1, 0.15) is 12.2 Å². The summed E-state index contributed by atoms with van der Waals surface area (Å²) in [6, 6.07) is 9.61. The maximum Gasteiger partial charge on any atom is 0.345 e. The van der Waals surface area contributed by atoms with Crippen LogP contribution in [-0.2, 0) is 11.3 Å². The summed E-state index contributed by atoms with van der Waals surface area (Å²) in [6.07, 6.45) is 0. The minimum absolute atomic E-state index is 0.000729. The molecule has 0 bridgehead atoms. The first-order chi connectivity index (χ1) is 12.0. The minimum Gasteiger partial charge on any atom is -0.493 e. The lowest BCUT2D eigenvalue weighted by atomic mass is 10.1. The van der Waals surface area contributed by atoms with Crippen LogP contribution in [0.4, 0.5) is 5.69 Å². The highest BCUT2D eigenvalue weighted by atomic mass is 79.9. The maximum atomic E-state index is 12.3. The van der Waals surface area contributed by atoms with Crippen LogP contribution in [0.3, 0.4) is 0 Å². The molecule has 0 N–H and O–H groups in total. The van der Waals surface area contributed by atoms with Crippen molar-refractivity contribution >= 4 is 27.6 Å². The summed E-state index contributed by atoms with van der Waals surface area (Å²) in [5, 5.41) is 11.3. The van der Waals surface area contributed by atoms with Crippen molar-refractivity contribution in [3.8, 4) is 11.5 Å². The number of halogens is 1. The Kier molecular flexibility index (Phi) is 6.35. The predicted octanol–water partition coefficient (Wildman–Crippen LogP) is 4.12. The van der Waals surface area contributed by atoms with Crippen LogP contribution in [-0.4, -0.2) is 24.6 Å². The topological polar surface area (TPSA) is 87.9 Å². The number of ether oxygens (including phenoxy) is 3. The van der Waals surface area contributed by atoms with Crippen molar-refractivity contribution in [3.63, 3.8) is 0 Å². The molecular weight excluding hydrogens is 394 g/mol. The Bertz CT molecular complexity index is 775. The average molecular weight is 410 g/mol. The molecule has 0 aliphatic rings. The molecule has 0 aliphatic carbocycles. The van der Waals surface area contributed by atoms with Crippen LogP contribution < -0.4 is 9.47 Å². The molecule has 25 heavy (non-hydrogen) atoms. The number of benzene rings is 2. The van der Waals surface area contributed by atoms with Crippen molar-refractivity contribution in [2.24, 2.45) is 0 Å². The highest BCUT2D eigenvalue weighted by Crippen LogP contribution is 2.35. The van der Waals surface area contributed by atoms with Crippen molar-refractivity contribution in [2.45, 2.75) is 13.5 Å². The van der Waals surface area contributed by atoms with Gasteiger partial charge in [-0.1, -0.05) is 28.1 Å². The summed E-state index contributed by atoms with van der Waals surface area (Å²) in [5.41, 5.74) is 0.171. The molecule has 2 aromatic carbocycles. The molecule has 0 amide bonds. The van der Waals surface area contributed by atoms with Gasteiger partial charge in [0.2, 0.25) is 0 Å². The number of carbonyl (C=O) groups excluding carboxylic acids is 1. The van der Waals surface area contributed by atoms with Gasteiger partial charge in [-0.25, -0.2) is 4.79 Å². The fourth-order valence-corrected chi connectivity index (χ4v) is 2.36. The van der Waals surface area contributed by atoms with Gasteiger partial charge in [0, 0.05) is 10.5 Å². The Morgan fingerprint density at radius 2 is 1.88 bits per heavy atom. The number of nitro groups is 1. The molecule has 2 rings (SSSR count). The molecule has 0 heterocycles. The molecule has 0 unspecified atom stereocenters. The summed E-state index contributed by atoms with van der Waals surface area (Å²) in [5.74, 6) is -0.387. The number of hydrogen-bond acceptors (Lipinski definition) is 6. The number of hydrogen-bond donors (Lipinski definition) is 0. The summed E-state index contributed by atoms with van der Waals surface area (Å²) >= 11 is 3.32. The molecule has 2 aromatic rings. The van der Waals surface area contributed by atoms with Crippen molar-refractivity contribution in [1.29, 1.82) is 0 Å². The smallest absolute Gasteiger partial charge is 0.345 e. The third-order valence-electron chi connectivity index (χ3n) is 3.28. The maximum absolute atomic E-state index is 12.3. The molecule has 0 radical (unpaired) electrons. The van der Waals surface area contributed by atoms with Crippen molar-refractivity contribution in [3.05, 3.63) is 62.1 Å². The quantitative estimate of drug-likeness (QED) is 0.388. The van der Waals surface area contributed by atoms with Crippen LogP contribution in [0, 0.1) is 10.1 Å². The Morgan fingerprint density at radius 1 is 1.20 bits per heavy atom. The zero-order valence-electron chi connectivity index (χ0n) is 13.7. The van der Waals surface area contributed by atoms with Crippen LogP contribution >= 0.6 is 15.9 Å². The number of methoxy groups -OCH3 is 1. The Morgan fingerprint density at radius 3 is 2.44 bits per heavy atom. The van der Waals surface area contributed by atoms with E-state index < -0.39 is 16.6 Å². The lowest BCUT2D eigenvalue weighted by Gasteiger charge is -2.11. The fraction of sp³-hybridized carbons (Fsp3) is 0.235. The number of nitrogens with zero attached hydrogens (tertiary/aromatic N) is 1. The Labute approximate surface area is 152 Å². The van der Waals surface area contributed by atoms with E-state index in [0.717, 1.165) is 16.1 Å². The Hall–Kier alpha value is -2.61. The molecule has 7 nitrogen and oxygen atoms in total. The van der Waals surface area contributed by atoms with Gasteiger partial charge < -0.3 is 14.2 Å². The Balaban J connectivity index is 2.28. The second-order valence-corrected chi connectivity index (χ2v) is 5.83. The van der Waals surface area contributed by atoms with Gasteiger partial charge in [-0.3, -0.25) is 10.1 Å². The SMILES string of the molecule is CCOc1cc(C(=O)OCc2ccc(Br)cc2)c([N+](=O)[O-])cc1OC. The van der Waals surface area contributed by atoms with E-state index in [1.807, 2.05) is 12.1 Å². The van der Waals surface area contributed by atoms with Crippen LogP contribution in [0.2, 0.25) is 0 Å². The second-order valence-electron chi connectivity index (χ2n) is 4.91. The van der Waals surface area contributed by atoms with Gasteiger partial charge in [-0.05, 0) is 24.6 Å². The van der Waals surface area contributed by atoms with Gasteiger partial charge >= 0.3 is 5.97 Å². The van der Waals surface area contributed by atoms with E-state index in [1.165, 1.54) is 13.2 Å². The molecule has 0 saturated heterocycles. The van der Waals surface area contributed by atoms with Gasteiger partial charge in [0.05, 0.1) is 24.7 Å². The van der Waals surface area contributed by atoms with E-state index in [4.69, 9.17) is 14.2 Å². The van der Waals surface area contributed by atoms with Crippen LogP contribution in [0.15, 0.2) is 40.9 Å². The number of rotatable bonds is 7. The van der Waals surface area contributed by atoms with Crippen LogP contribution in [0.25, 0.3) is 0 Å². The monoisotopic (exact) mass is 409 g/mol. The zero-order chi connectivity index (χ0) is 18.4. The first-order valence-corrected chi connectivity index (χ1v) is 8.16. The van der Waals surface area contributed by atoms with E-state index in [9.17, 15) is 14.9 Å². The molecule has 0 spiro atoms. The summed E-state index contributed by atoms with van der Waals surface area (Å²) in [7, 11) is 1.37. The highest BCUT2D eigenvalue weighted by Gasteiger charge is 2.25. The number of nitro benzene ring substituents is 1. The highest BCUT2D eigenvalue weighted by molar-refractivity contribution is 9.10. The van der Waals surface area contributed by atoms with Crippen molar-refractivity contribution in [2.75, 3.05) is 13.7 Å². The first kappa shape index (κ1) is 18.7. The lowest BCUT2D eigenvalue weighted by Crippen LogP contribution is -2.09. The van der Waals surface area contributed by atoms with Gasteiger partial charge in [-0.15, -0.1) is 0 Å². The van der Waals surface area contributed by atoms with Crippen molar-refractivity contribution in [1.82, 2.24) is 0 Å². The molecule has 132 valence electrons. The van der Waals surface area contributed by atoms with Crippen LogP contribution in [0.1, 0.15) is 22.8 Å². The first-order valence-electron chi connectivity index (χ1n) is 7.37. The molecule has 0 aliphatic heterocycles. The van der Waals surface area contributed by atoms with Crippen LogP contribution in [0.5, 0.6) is 11.5 Å². The van der Waals surface area contributed by atoms with E-state index >= 15 is 0 Å². The summed E-state index contributed by atoms with van der Waals surface area (Å²) in [6.45, 7) is 2.08.